The fourth-order valence-electron chi connectivity index (χ4n) is 2.12. The van der Waals surface area contributed by atoms with Crippen LogP contribution in [0.4, 0.5) is 10.1 Å². The van der Waals surface area contributed by atoms with Gasteiger partial charge in [-0.15, -0.1) is 0 Å². The van der Waals surface area contributed by atoms with E-state index in [1.54, 1.807) is 12.1 Å². The molecule has 0 atom stereocenters. The summed E-state index contributed by atoms with van der Waals surface area (Å²) >= 11 is 4.07. The molecule has 0 aromatic heterocycles. The van der Waals surface area contributed by atoms with Crippen molar-refractivity contribution in [2.45, 2.75) is 6.42 Å². The van der Waals surface area contributed by atoms with E-state index in [0.29, 0.717) is 12.2 Å². The minimum Gasteiger partial charge on any atom is -0.368 e. The predicted octanol–water partition coefficient (Wildman–Crippen LogP) is 1.79. The third-order valence-corrected chi connectivity index (χ3v) is 3.37. The summed E-state index contributed by atoms with van der Waals surface area (Å²) in [4.78, 5) is 15.7. The molecule has 98 valence electrons. The van der Waals surface area contributed by atoms with Gasteiger partial charge in [-0.1, -0.05) is 0 Å². The normalized spacial score (nSPS) is 15.9. The van der Waals surface area contributed by atoms with Gasteiger partial charge in [-0.05, 0) is 30.0 Å². The van der Waals surface area contributed by atoms with Crippen molar-refractivity contribution in [3.8, 4) is 0 Å². The Morgan fingerprint density at radius 3 is 2.33 bits per heavy atom. The van der Waals surface area contributed by atoms with E-state index in [1.165, 1.54) is 12.1 Å². The van der Waals surface area contributed by atoms with Crippen LogP contribution in [0.25, 0.3) is 0 Å². The van der Waals surface area contributed by atoms with Gasteiger partial charge >= 0.3 is 0 Å². The van der Waals surface area contributed by atoms with E-state index in [9.17, 15) is 9.18 Å². The van der Waals surface area contributed by atoms with Crippen LogP contribution in [-0.2, 0) is 4.79 Å². The van der Waals surface area contributed by atoms with Crippen molar-refractivity contribution in [3.63, 3.8) is 0 Å². The third kappa shape index (κ3) is 3.16. The Bertz CT molecular complexity index is 402. The number of carbonyl (C=O) groups excluding carboxylic acids is 1. The fraction of sp³-hybridized carbons (Fsp3) is 0.462. The lowest BCUT2D eigenvalue weighted by Crippen LogP contribution is -2.48. The van der Waals surface area contributed by atoms with Gasteiger partial charge in [0, 0.05) is 38.3 Å². The maximum Gasteiger partial charge on any atom is 0.223 e. The molecule has 0 unspecified atom stereocenters. The van der Waals surface area contributed by atoms with Crippen molar-refractivity contribution in [3.05, 3.63) is 30.1 Å². The van der Waals surface area contributed by atoms with Gasteiger partial charge in [0.05, 0.1) is 0 Å². The number of amides is 1. The van der Waals surface area contributed by atoms with E-state index >= 15 is 0 Å². The van der Waals surface area contributed by atoms with Gasteiger partial charge in [0.15, 0.2) is 0 Å². The Morgan fingerprint density at radius 2 is 1.78 bits per heavy atom. The first-order chi connectivity index (χ1) is 8.70. The second-order valence-electron chi connectivity index (χ2n) is 4.32. The first kappa shape index (κ1) is 13.2. The summed E-state index contributed by atoms with van der Waals surface area (Å²) in [7, 11) is 0. The van der Waals surface area contributed by atoms with Crippen LogP contribution >= 0.6 is 12.6 Å². The monoisotopic (exact) mass is 268 g/mol. The number of rotatable bonds is 3. The minimum absolute atomic E-state index is 0.170. The molecule has 5 heteroatoms. The average molecular weight is 268 g/mol. The molecule has 1 aliphatic heterocycles. The van der Waals surface area contributed by atoms with Crippen LogP contribution in [0.3, 0.4) is 0 Å². The highest BCUT2D eigenvalue weighted by Crippen LogP contribution is 2.17. The number of thiol groups is 1. The van der Waals surface area contributed by atoms with Crippen molar-refractivity contribution < 1.29 is 9.18 Å². The average Bonchev–Trinajstić information content (AvgIpc) is 2.40. The maximum atomic E-state index is 12.8. The van der Waals surface area contributed by atoms with Gasteiger partial charge in [-0.2, -0.15) is 12.6 Å². The number of carbonyl (C=O) groups is 1. The molecule has 0 radical (unpaired) electrons. The van der Waals surface area contributed by atoms with Crippen molar-refractivity contribution in [2.75, 3.05) is 36.8 Å². The Kier molecular flexibility index (Phi) is 4.47. The molecule has 0 saturated carbocycles. The Morgan fingerprint density at radius 1 is 1.17 bits per heavy atom. The lowest BCUT2D eigenvalue weighted by atomic mass is 10.2. The summed E-state index contributed by atoms with van der Waals surface area (Å²) in [6.07, 6.45) is 0.500. The molecule has 1 amide bonds. The van der Waals surface area contributed by atoms with Crippen molar-refractivity contribution in [1.29, 1.82) is 0 Å². The third-order valence-electron chi connectivity index (χ3n) is 3.15. The lowest BCUT2D eigenvalue weighted by Gasteiger charge is -2.36. The number of benzene rings is 1. The highest BCUT2D eigenvalue weighted by Gasteiger charge is 2.20. The summed E-state index contributed by atoms with van der Waals surface area (Å²) in [6.45, 7) is 3.04. The molecule has 18 heavy (non-hydrogen) atoms. The molecule has 1 aromatic rings. The van der Waals surface area contributed by atoms with Gasteiger partial charge in [-0.3, -0.25) is 4.79 Å². The van der Waals surface area contributed by atoms with Gasteiger partial charge in [0.2, 0.25) is 5.91 Å². The fourth-order valence-corrected chi connectivity index (χ4v) is 2.31. The molecule has 1 fully saturated rings. The zero-order valence-corrected chi connectivity index (χ0v) is 11.1. The largest absolute Gasteiger partial charge is 0.368 e. The van der Waals surface area contributed by atoms with E-state index in [0.717, 1.165) is 31.9 Å². The predicted molar refractivity (Wildman–Crippen MR) is 73.7 cm³/mol. The molecule has 0 bridgehead atoms. The van der Waals surface area contributed by atoms with Crippen molar-refractivity contribution in [2.24, 2.45) is 0 Å². The van der Waals surface area contributed by atoms with Gasteiger partial charge in [0.1, 0.15) is 5.82 Å². The summed E-state index contributed by atoms with van der Waals surface area (Å²) in [5.74, 6) is 0.543. The van der Waals surface area contributed by atoms with Crippen molar-refractivity contribution >= 4 is 24.2 Å². The quantitative estimate of drug-likeness (QED) is 0.845. The summed E-state index contributed by atoms with van der Waals surface area (Å²) in [5, 5.41) is 0. The molecular weight excluding hydrogens is 251 g/mol. The molecule has 0 spiro atoms. The smallest absolute Gasteiger partial charge is 0.223 e. The number of hydrogen-bond donors (Lipinski definition) is 1. The number of halogens is 1. The second kappa shape index (κ2) is 6.09. The minimum atomic E-state index is -0.221. The zero-order valence-electron chi connectivity index (χ0n) is 10.2. The van der Waals surface area contributed by atoms with Crippen LogP contribution < -0.4 is 4.90 Å². The van der Waals surface area contributed by atoms with Crippen LogP contribution in [0.5, 0.6) is 0 Å². The van der Waals surface area contributed by atoms with Crippen LogP contribution in [0.2, 0.25) is 0 Å². The Labute approximate surface area is 112 Å². The highest BCUT2D eigenvalue weighted by atomic mass is 32.1. The summed E-state index contributed by atoms with van der Waals surface area (Å²) < 4.78 is 12.8. The second-order valence-corrected chi connectivity index (χ2v) is 4.77. The van der Waals surface area contributed by atoms with E-state index in [4.69, 9.17) is 0 Å². The van der Waals surface area contributed by atoms with E-state index < -0.39 is 0 Å². The first-order valence-corrected chi connectivity index (χ1v) is 6.73. The summed E-state index contributed by atoms with van der Waals surface area (Å²) in [6, 6.07) is 6.49. The molecule has 2 rings (SSSR count). The number of piperazine rings is 1. The molecule has 1 saturated heterocycles. The standard InChI is InChI=1S/C13H17FN2OS/c14-11-1-3-12(4-2-11)15-6-8-16(9-7-15)13(17)5-10-18/h1-4,18H,5-10H2. The number of anilines is 1. The topological polar surface area (TPSA) is 23.6 Å². The molecule has 3 nitrogen and oxygen atoms in total. The zero-order chi connectivity index (χ0) is 13.0. The SMILES string of the molecule is O=C(CCS)N1CCN(c2ccc(F)cc2)CC1. The van der Waals surface area contributed by atoms with Crippen LogP contribution in [0.1, 0.15) is 6.42 Å². The number of nitrogens with zero attached hydrogens (tertiary/aromatic N) is 2. The van der Waals surface area contributed by atoms with Gasteiger partial charge < -0.3 is 9.80 Å². The number of hydrogen-bond acceptors (Lipinski definition) is 3. The Hall–Kier alpha value is -1.23. The Balaban J connectivity index is 1.90. The molecule has 0 aliphatic carbocycles. The molecule has 1 aliphatic rings. The van der Waals surface area contributed by atoms with Crippen LogP contribution in [0, 0.1) is 5.82 Å². The van der Waals surface area contributed by atoms with Crippen molar-refractivity contribution in [1.82, 2.24) is 4.90 Å². The van der Waals surface area contributed by atoms with Gasteiger partial charge in [0.25, 0.3) is 0 Å². The van der Waals surface area contributed by atoms with Crippen LogP contribution in [-0.4, -0.2) is 42.7 Å². The molecule has 1 aromatic carbocycles. The highest BCUT2D eigenvalue weighted by molar-refractivity contribution is 7.80. The maximum absolute atomic E-state index is 12.8. The van der Waals surface area contributed by atoms with Crippen LogP contribution in [0.15, 0.2) is 24.3 Å². The van der Waals surface area contributed by atoms with E-state index in [2.05, 4.69) is 17.5 Å². The van der Waals surface area contributed by atoms with E-state index in [1.807, 2.05) is 4.90 Å². The summed E-state index contributed by atoms with van der Waals surface area (Å²) in [5.41, 5.74) is 1.01. The molecular formula is C13H17FN2OS. The molecule has 0 N–H and O–H groups in total. The first-order valence-electron chi connectivity index (χ1n) is 6.10. The lowest BCUT2D eigenvalue weighted by molar-refractivity contribution is -0.131. The molecule has 1 heterocycles. The van der Waals surface area contributed by atoms with Gasteiger partial charge in [-0.25, -0.2) is 4.39 Å². The van der Waals surface area contributed by atoms with E-state index in [-0.39, 0.29) is 11.7 Å².